The minimum atomic E-state index is -0.866. The highest BCUT2D eigenvalue weighted by atomic mass is 16.5. The molecule has 2 fully saturated rings. The van der Waals surface area contributed by atoms with E-state index in [0.717, 1.165) is 25.7 Å². The lowest BCUT2D eigenvalue weighted by molar-refractivity contribution is -0.154. The van der Waals surface area contributed by atoms with Gasteiger partial charge in [-0.05, 0) is 50.0 Å². The molecule has 0 spiro atoms. The summed E-state index contributed by atoms with van der Waals surface area (Å²) < 4.78 is 5.28. The van der Waals surface area contributed by atoms with Crippen molar-refractivity contribution >= 4 is 11.9 Å². The monoisotopic (exact) mass is 345 g/mol. The summed E-state index contributed by atoms with van der Waals surface area (Å²) in [5.74, 6) is -0.278. The molecule has 1 aromatic carbocycles. The van der Waals surface area contributed by atoms with Gasteiger partial charge in [-0.3, -0.25) is 9.59 Å². The van der Waals surface area contributed by atoms with Gasteiger partial charge in [0.1, 0.15) is 0 Å². The van der Waals surface area contributed by atoms with Crippen molar-refractivity contribution in [2.75, 3.05) is 19.8 Å². The van der Waals surface area contributed by atoms with Gasteiger partial charge in [-0.25, -0.2) is 0 Å². The second-order valence-corrected chi connectivity index (χ2v) is 7.37. The fraction of sp³-hybridized carbons (Fsp3) is 0.600. The van der Waals surface area contributed by atoms with E-state index >= 15 is 0 Å². The molecule has 0 radical (unpaired) electrons. The van der Waals surface area contributed by atoms with Gasteiger partial charge in [0.2, 0.25) is 5.91 Å². The third-order valence-corrected chi connectivity index (χ3v) is 5.87. The maximum Gasteiger partial charge on any atom is 0.311 e. The lowest BCUT2D eigenvalue weighted by atomic mass is 9.77. The zero-order chi connectivity index (χ0) is 17.7. The SMILES string of the molecule is O=C(NCC1(C(=O)O)CCOCC1)C1CCC(c2ccccc2)CC1. The van der Waals surface area contributed by atoms with Crippen molar-refractivity contribution < 1.29 is 19.4 Å². The van der Waals surface area contributed by atoms with Crippen molar-refractivity contribution in [2.24, 2.45) is 11.3 Å². The van der Waals surface area contributed by atoms with Crippen LogP contribution in [0.4, 0.5) is 0 Å². The molecule has 5 nitrogen and oxygen atoms in total. The summed E-state index contributed by atoms with van der Waals surface area (Å²) in [7, 11) is 0. The van der Waals surface area contributed by atoms with Crippen molar-refractivity contribution in [1.82, 2.24) is 5.32 Å². The lowest BCUT2D eigenvalue weighted by Gasteiger charge is -2.34. The highest BCUT2D eigenvalue weighted by Crippen LogP contribution is 2.36. The summed E-state index contributed by atoms with van der Waals surface area (Å²) in [6.45, 7) is 1.11. The van der Waals surface area contributed by atoms with Crippen LogP contribution in [0.3, 0.4) is 0 Å². The van der Waals surface area contributed by atoms with E-state index in [-0.39, 0.29) is 18.4 Å². The number of carbonyl (C=O) groups excluding carboxylic acids is 1. The summed E-state index contributed by atoms with van der Waals surface area (Å²) in [4.78, 5) is 24.2. The molecule has 0 aromatic heterocycles. The summed E-state index contributed by atoms with van der Waals surface area (Å²) in [5.41, 5.74) is 0.489. The van der Waals surface area contributed by atoms with Crippen LogP contribution in [0.1, 0.15) is 50.0 Å². The number of rotatable bonds is 5. The Kier molecular flexibility index (Phi) is 5.74. The second-order valence-electron chi connectivity index (χ2n) is 7.37. The minimum absolute atomic E-state index is 0.00523. The minimum Gasteiger partial charge on any atom is -0.481 e. The van der Waals surface area contributed by atoms with Crippen LogP contribution in [-0.2, 0) is 14.3 Å². The van der Waals surface area contributed by atoms with E-state index in [4.69, 9.17) is 4.74 Å². The van der Waals surface area contributed by atoms with E-state index in [1.807, 2.05) is 6.07 Å². The van der Waals surface area contributed by atoms with Gasteiger partial charge in [-0.2, -0.15) is 0 Å². The van der Waals surface area contributed by atoms with E-state index in [0.29, 0.717) is 32.0 Å². The Morgan fingerprint density at radius 1 is 1.08 bits per heavy atom. The molecule has 5 heteroatoms. The van der Waals surface area contributed by atoms with E-state index in [1.54, 1.807) is 0 Å². The summed E-state index contributed by atoms with van der Waals surface area (Å²) >= 11 is 0. The lowest BCUT2D eigenvalue weighted by Crippen LogP contribution is -2.48. The number of hydrogen-bond acceptors (Lipinski definition) is 3. The van der Waals surface area contributed by atoms with Crippen LogP contribution in [0.15, 0.2) is 30.3 Å². The summed E-state index contributed by atoms with van der Waals surface area (Å²) in [5, 5.41) is 12.5. The molecule has 136 valence electrons. The van der Waals surface area contributed by atoms with Crippen molar-refractivity contribution in [2.45, 2.75) is 44.4 Å². The van der Waals surface area contributed by atoms with Crippen LogP contribution in [-0.4, -0.2) is 36.7 Å². The standard InChI is InChI=1S/C20H27NO4/c22-18(21-14-20(19(23)24)10-12-25-13-11-20)17-8-6-16(7-9-17)15-4-2-1-3-5-15/h1-5,16-17H,6-14H2,(H,21,22)(H,23,24). The van der Waals surface area contributed by atoms with Gasteiger partial charge in [-0.15, -0.1) is 0 Å². The average molecular weight is 345 g/mol. The molecular formula is C20H27NO4. The van der Waals surface area contributed by atoms with Crippen LogP contribution >= 0.6 is 0 Å². The third-order valence-electron chi connectivity index (χ3n) is 5.87. The highest BCUT2D eigenvalue weighted by molar-refractivity contribution is 5.80. The quantitative estimate of drug-likeness (QED) is 0.860. The molecular weight excluding hydrogens is 318 g/mol. The van der Waals surface area contributed by atoms with Gasteiger partial charge in [0.05, 0.1) is 5.41 Å². The molecule has 1 saturated carbocycles. The van der Waals surface area contributed by atoms with Gasteiger partial charge in [0, 0.05) is 25.7 Å². The van der Waals surface area contributed by atoms with E-state index in [9.17, 15) is 14.7 Å². The first-order valence-corrected chi connectivity index (χ1v) is 9.24. The molecule has 1 aliphatic carbocycles. The topological polar surface area (TPSA) is 75.6 Å². The average Bonchev–Trinajstić information content (AvgIpc) is 2.67. The first kappa shape index (κ1) is 17.9. The van der Waals surface area contributed by atoms with Crippen molar-refractivity contribution in [3.8, 4) is 0 Å². The van der Waals surface area contributed by atoms with E-state index in [1.165, 1.54) is 5.56 Å². The zero-order valence-corrected chi connectivity index (χ0v) is 14.6. The Bertz CT molecular complexity index is 587. The van der Waals surface area contributed by atoms with E-state index < -0.39 is 11.4 Å². The molecule has 1 saturated heterocycles. The molecule has 2 N–H and O–H groups in total. The van der Waals surface area contributed by atoms with Crippen LogP contribution in [0.2, 0.25) is 0 Å². The zero-order valence-electron chi connectivity index (χ0n) is 14.6. The molecule has 0 unspecified atom stereocenters. The third kappa shape index (κ3) is 4.21. The Morgan fingerprint density at radius 3 is 2.32 bits per heavy atom. The number of ether oxygens (including phenoxy) is 1. The van der Waals surface area contributed by atoms with Gasteiger partial charge >= 0.3 is 5.97 Å². The molecule has 1 amide bonds. The Morgan fingerprint density at radius 2 is 1.72 bits per heavy atom. The molecule has 1 aromatic rings. The summed E-state index contributed by atoms with van der Waals surface area (Å²) in [6.07, 6.45) is 4.69. The largest absolute Gasteiger partial charge is 0.481 e. The van der Waals surface area contributed by atoms with Gasteiger partial charge < -0.3 is 15.2 Å². The maximum absolute atomic E-state index is 12.5. The summed E-state index contributed by atoms with van der Waals surface area (Å²) in [6, 6.07) is 10.5. The molecule has 1 heterocycles. The second kappa shape index (κ2) is 8.00. The number of amides is 1. The molecule has 25 heavy (non-hydrogen) atoms. The number of benzene rings is 1. The Balaban J connectivity index is 1.50. The Hall–Kier alpha value is -1.88. The molecule has 0 bridgehead atoms. The van der Waals surface area contributed by atoms with Crippen molar-refractivity contribution in [1.29, 1.82) is 0 Å². The fourth-order valence-corrected chi connectivity index (χ4v) is 4.04. The van der Waals surface area contributed by atoms with Crippen molar-refractivity contribution in [3.05, 3.63) is 35.9 Å². The number of nitrogens with one attached hydrogen (secondary N) is 1. The van der Waals surface area contributed by atoms with Gasteiger partial charge in [0.15, 0.2) is 0 Å². The fourth-order valence-electron chi connectivity index (χ4n) is 4.04. The van der Waals surface area contributed by atoms with Crippen molar-refractivity contribution in [3.63, 3.8) is 0 Å². The number of carbonyl (C=O) groups is 2. The molecule has 3 rings (SSSR count). The van der Waals surface area contributed by atoms with Crippen LogP contribution in [0.25, 0.3) is 0 Å². The van der Waals surface area contributed by atoms with Gasteiger partial charge in [0.25, 0.3) is 0 Å². The van der Waals surface area contributed by atoms with Crippen LogP contribution in [0.5, 0.6) is 0 Å². The number of aliphatic carboxylic acids is 1. The predicted octanol–water partition coefficient (Wildman–Crippen LogP) is 2.96. The normalized spacial score (nSPS) is 25.9. The predicted molar refractivity (Wildman–Crippen MR) is 94.3 cm³/mol. The Labute approximate surface area is 148 Å². The van der Waals surface area contributed by atoms with E-state index in [2.05, 4.69) is 29.6 Å². The molecule has 1 aliphatic heterocycles. The smallest absolute Gasteiger partial charge is 0.311 e. The number of hydrogen-bond donors (Lipinski definition) is 2. The highest BCUT2D eigenvalue weighted by Gasteiger charge is 2.41. The van der Waals surface area contributed by atoms with Crippen LogP contribution < -0.4 is 5.32 Å². The molecule has 0 atom stereocenters. The first-order chi connectivity index (χ1) is 12.1. The number of carboxylic acids is 1. The first-order valence-electron chi connectivity index (χ1n) is 9.24. The number of carboxylic acid groups (broad SMARTS) is 1. The molecule has 2 aliphatic rings. The van der Waals surface area contributed by atoms with Gasteiger partial charge in [-0.1, -0.05) is 30.3 Å². The maximum atomic E-state index is 12.5. The van der Waals surface area contributed by atoms with Crippen LogP contribution in [0, 0.1) is 11.3 Å².